The highest BCUT2D eigenvalue weighted by atomic mass is 16.5. The molecular formula is C25H33N3O3. The van der Waals surface area contributed by atoms with E-state index in [1.54, 1.807) is 13.8 Å². The van der Waals surface area contributed by atoms with Crippen molar-refractivity contribution in [1.82, 2.24) is 9.55 Å². The number of anilines is 1. The van der Waals surface area contributed by atoms with Gasteiger partial charge in [0.1, 0.15) is 12.4 Å². The molecule has 0 spiro atoms. The lowest BCUT2D eigenvalue weighted by molar-refractivity contribution is -0.148. The topological polar surface area (TPSA) is 67.6 Å². The largest absolute Gasteiger partial charge is 0.492 e. The Labute approximate surface area is 184 Å². The average molecular weight is 424 g/mol. The number of imidazole rings is 1. The van der Waals surface area contributed by atoms with Crippen LogP contribution in [0.2, 0.25) is 0 Å². The van der Waals surface area contributed by atoms with Gasteiger partial charge in [-0.05, 0) is 69.0 Å². The van der Waals surface area contributed by atoms with Crippen molar-refractivity contribution in [2.24, 2.45) is 5.41 Å². The van der Waals surface area contributed by atoms with Crippen LogP contribution in [0, 0.1) is 5.41 Å². The number of fused-ring (bicyclic) bond motifs is 1. The number of carbonyl (C=O) groups is 1. The summed E-state index contributed by atoms with van der Waals surface area (Å²) < 4.78 is 7.96. The zero-order valence-corrected chi connectivity index (χ0v) is 19.0. The molecule has 6 nitrogen and oxygen atoms in total. The predicted octanol–water partition coefficient (Wildman–Crippen LogP) is 5.00. The summed E-state index contributed by atoms with van der Waals surface area (Å²) >= 11 is 0. The van der Waals surface area contributed by atoms with Crippen LogP contribution in [0.5, 0.6) is 5.75 Å². The van der Waals surface area contributed by atoms with Crippen LogP contribution in [0.1, 0.15) is 39.7 Å². The summed E-state index contributed by atoms with van der Waals surface area (Å²) in [6.45, 7) is 10.6. The Kier molecular flexibility index (Phi) is 7.21. The average Bonchev–Trinajstić information content (AvgIpc) is 3.21. The minimum absolute atomic E-state index is 0.135. The molecule has 1 N–H and O–H groups in total. The van der Waals surface area contributed by atoms with Gasteiger partial charge in [0.2, 0.25) is 5.95 Å². The van der Waals surface area contributed by atoms with Crippen molar-refractivity contribution in [2.45, 2.75) is 47.1 Å². The SMILES string of the molecule is CCN(CC)c1nccn1CCCc1ccc2cc(OCC(C)(C)C(=O)O)ccc2c1. The van der Waals surface area contributed by atoms with Gasteiger partial charge >= 0.3 is 5.97 Å². The molecule has 0 amide bonds. The van der Waals surface area contributed by atoms with Gasteiger partial charge in [0.05, 0.1) is 5.41 Å². The number of carboxylic acids is 1. The van der Waals surface area contributed by atoms with Crippen molar-refractivity contribution in [3.8, 4) is 5.75 Å². The zero-order valence-electron chi connectivity index (χ0n) is 19.0. The van der Waals surface area contributed by atoms with Crippen LogP contribution in [0.3, 0.4) is 0 Å². The van der Waals surface area contributed by atoms with Crippen LogP contribution in [-0.4, -0.2) is 40.3 Å². The van der Waals surface area contributed by atoms with Crippen LogP contribution in [0.15, 0.2) is 48.8 Å². The summed E-state index contributed by atoms with van der Waals surface area (Å²) in [4.78, 5) is 18.0. The third-order valence-corrected chi connectivity index (χ3v) is 5.66. The standard InChI is InChI=1S/C25H33N3O3/c1-5-27(6-2)24-26-13-15-28(24)14-7-8-19-9-10-21-17-22(12-11-20(21)16-19)31-18-25(3,4)23(29)30/h9-13,15-17H,5-8,14,18H2,1-4H3,(H,29,30). The highest BCUT2D eigenvalue weighted by Crippen LogP contribution is 2.25. The molecule has 6 heteroatoms. The van der Waals surface area contributed by atoms with E-state index in [0.717, 1.165) is 49.2 Å². The molecule has 0 atom stereocenters. The molecule has 2 aromatic carbocycles. The third kappa shape index (κ3) is 5.57. The number of ether oxygens (including phenoxy) is 1. The van der Waals surface area contributed by atoms with E-state index >= 15 is 0 Å². The number of aliphatic carboxylic acids is 1. The van der Waals surface area contributed by atoms with Gasteiger partial charge in [-0.15, -0.1) is 0 Å². The molecular weight excluding hydrogens is 390 g/mol. The summed E-state index contributed by atoms with van der Waals surface area (Å²) in [6, 6.07) is 12.4. The van der Waals surface area contributed by atoms with Crippen LogP contribution in [0.25, 0.3) is 10.8 Å². The lowest BCUT2D eigenvalue weighted by atomic mass is 9.95. The first-order valence-electron chi connectivity index (χ1n) is 11.0. The molecule has 0 aliphatic heterocycles. The van der Waals surface area contributed by atoms with Crippen LogP contribution < -0.4 is 9.64 Å². The van der Waals surface area contributed by atoms with Gasteiger partial charge in [-0.2, -0.15) is 0 Å². The van der Waals surface area contributed by atoms with Crippen molar-refractivity contribution in [3.63, 3.8) is 0 Å². The van der Waals surface area contributed by atoms with E-state index in [9.17, 15) is 9.90 Å². The second-order valence-corrected chi connectivity index (χ2v) is 8.52. The van der Waals surface area contributed by atoms with Crippen LogP contribution in [0.4, 0.5) is 5.95 Å². The maximum Gasteiger partial charge on any atom is 0.312 e. The normalized spacial score (nSPS) is 11.6. The summed E-state index contributed by atoms with van der Waals surface area (Å²) in [6.07, 6.45) is 5.97. The first-order chi connectivity index (χ1) is 14.8. The fourth-order valence-corrected chi connectivity index (χ4v) is 3.56. The van der Waals surface area contributed by atoms with Gasteiger partial charge in [0, 0.05) is 32.0 Å². The van der Waals surface area contributed by atoms with Gasteiger partial charge in [0.15, 0.2) is 0 Å². The van der Waals surface area contributed by atoms with Gasteiger partial charge < -0.3 is 19.3 Å². The smallest absolute Gasteiger partial charge is 0.312 e. The van der Waals surface area contributed by atoms with Crippen molar-refractivity contribution >= 4 is 22.7 Å². The summed E-state index contributed by atoms with van der Waals surface area (Å²) in [5.41, 5.74) is 0.386. The van der Waals surface area contributed by atoms with Gasteiger partial charge in [-0.25, -0.2) is 4.98 Å². The first-order valence-corrected chi connectivity index (χ1v) is 11.0. The molecule has 0 saturated carbocycles. The molecule has 0 fully saturated rings. The van der Waals surface area contributed by atoms with E-state index < -0.39 is 11.4 Å². The van der Waals surface area contributed by atoms with Gasteiger partial charge in [-0.3, -0.25) is 4.79 Å². The number of aryl methyl sites for hydroxylation is 2. The highest BCUT2D eigenvalue weighted by molar-refractivity contribution is 5.84. The number of hydrogen-bond acceptors (Lipinski definition) is 4. The lowest BCUT2D eigenvalue weighted by Crippen LogP contribution is -2.30. The molecule has 0 radical (unpaired) electrons. The van der Waals surface area contributed by atoms with Gasteiger partial charge in [0.25, 0.3) is 0 Å². The highest BCUT2D eigenvalue weighted by Gasteiger charge is 2.28. The van der Waals surface area contributed by atoms with E-state index in [0.29, 0.717) is 5.75 Å². The molecule has 3 aromatic rings. The van der Waals surface area contributed by atoms with E-state index in [4.69, 9.17) is 4.74 Å². The monoisotopic (exact) mass is 423 g/mol. The van der Waals surface area contributed by atoms with Gasteiger partial charge in [-0.1, -0.05) is 24.3 Å². The Morgan fingerprint density at radius 1 is 1.13 bits per heavy atom. The number of benzene rings is 2. The summed E-state index contributed by atoms with van der Waals surface area (Å²) in [5, 5.41) is 11.5. The molecule has 31 heavy (non-hydrogen) atoms. The Bertz CT molecular complexity index is 1020. The van der Waals surface area contributed by atoms with Crippen molar-refractivity contribution in [2.75, 3.05) is 24.6 Å². The van der Waals surface area contributed by atoms with E-state index in [-0.39, 0.29) is 6.61 Å². The second kappa shape index (κ2) is 9.86. The summed E-state index contributed by atoms with van der Waals surface area (Å²) in [7, 11) is 0. The fraction of sp³-hybridized carbons (Fsp3) is 0.440. The number of rotatable bonds is 11. The third-order valence-electron chi connectivity index (χ3n) is 5.66. The maximum absolute atomic E-state index is 11.2. The molecule has 1 aromatic heterocycles. The predicted molar refractivity (Wildman–Crippen MR) is 125 cm³/mol. The van der Waals surface area contributed by atoms with Crippen molar-refractivity contribution in [1.29, 1.82) is 0 Å². The summed E-state index contributed by atoms with van der Waals surface area (Å²) in [5.74, 6) is 0.874. The van der Waals surface area contributed by atoms with E-state index in [2.05, 4.69) is 52.7 Å². The fourth-order valence-electron chi connectivity index (χ4n) is 3.56. The van der Waals surface area contributed by atoms with Crippen molar-refractivity contribution in [3.05, 3.63) is 54.4 Å². The number of hydrogen-bond donors (Lipinski definition) is 1. The minimum Gasteiger partial charge on any atom is -0.492 e. The molecule has 0 unspecified atom stereocenters. The Balaban J connectivity index is 1.61. The zero-order chi connectivity index (χ0) is 22.4. The van der Waals surface area contributed by atoms with E-state index in [1.807, 2.05) is 24.4 Å². The molecule has 3 rings (SSSR count). The van der Waals surface area contributed by atoms with E-state index in [1.165, 1.54) is 5.56 Å². The first kappa shape index (κ1) is 22.7. The molecule has 1 heterocycles. The molecule has 166 valence electrons. The maximum atomic E-state index is 11.2. The van der Waals surface area contributed by atoms with Crippen LogP contribution in [-0.2, 0) is 17.8 Å². The molecule has 0 aliphatic rings. The molecule has 0 bridgehead atoms. The lowest BCUT2D eigenvalue weighted by Gasteiger charge is -2.21. The van der Waals surface area contributed by atoms with Crippen LogP contribution >= 0.6 is 0 Å². The second-order valence-electron chi connectivity index (χ2n) is 8.52. The molecule has 0 saturated heterocycles. The Morgan fingerprint density at radius 3 is 2.55 bits per heavy atom. The quantitative estimate of drug-likeness (QED) is 0.470. The number of nitrogens with zero attached hydrogens (tertiary/aromatic N) is 3. The minimum atomic E-state index is -0.917. The number of carboxylic acid groups (broad SMARTS) is 1. The molecule has 0 aliphatic carbocycles. The Hall–Kier alpha value is -3.02. The Morgan fingerprint density at radius 2 is 1.84 bits per heavy atom. The van der Waals surface area contributed by atoms with Crippen molar-refractivity contribution < 1.29 is 14.6 Å². The number of aromatic nitrogens is 2.